The fourth-order valence-corrected chi connectivity index (χ4v) is 3.26. The standard InChI is InChI=1S/C16H17Cl2NOS/c1-19-9-11-3-6-16(20-2)12(7-11)10-21-13-4-5-14(17)15(18)8-13/h3-8,19H,9-10H2,1-2H3. The van der Waals surface area contributed by atoms with Crippen molar-refractivity contribution in [2.24, 2.45) is 0 Å². The van der Waals surface area contributed by atoms with Gasteiger partial charge < -0.3 is 10.1 Å². The van der Waals surface area contributed by atoms with Gasteiger partial charge in [0.25, 0.3) is 0 Å². The summed E-state index contributed by atoms with van der Waals surface area (Å²) < 4.78 is 5.43. The number of ether oxygens (including phenoxy) is 1. The van der Waals surface area contributed by atoms with Crippen LogP contribution in [0.15, 0.2) is 41.3 Å². The van der Waals surface area contributed by atoms with E-state index in [0.29, 0.717) is 10.0 Å². The van der Waals surface area contributed by atoms with Crippen molar-refractivity contribution in [2.45, 2.75) is 17.2 Å². The highest BCUT2D eigenvalue weighted by atomic mass is 35.5. The first-order chi connectivity index (χ1) is 10.1. The molecule has 0 amide bonds. The van der Waals surface area contributed by atoms with Crippen molar-refractivity contribution in [1.29, 1.82) is 0 Å². The van der Waals surface area contributed by atoms with Gasteiger partial charge >= 0.3 is 0 Å². The number of hydrogen-bond acceptors (Lipinski definition) is 3. The summed E-state index contributed by atoms with van der Waals surface area (Å²) in [4.78, 5) is 1.09. The molecular weight excluding hydrogens is 325 g/mol. The summed E-state index contributed by atoms with van der Waals surface area (Å²) in [5.74, 6) is 1.72. The van der Waals surface area contributed by atoms with Gasteiger partial charge in [-0.2, -0.15) is 0 Å². The van der Waals surface area contributed by atoms with E-state index in [-0.39, 0.29) is 0 Å². The van der Waals surface area contributed by atoms with E-state index >= 15 is 0 Å². The van der Waals surface area contributed by atoms with Crippen LogP contribution < -0.4 is 10.1 Å². The number of hydrogen-bond donors (Lipinski definition) is 1. The summed E-state index contributed by atoms with van der Waals surface area (Å²) in [6.45, 7) is 0.842. The van der Waals surface area contributed by atoms with E-state index in [1.807, 2.05) is 31.3 Å². The van der Waals surface area contributed by atoms with Crippen LogP contribution >= 0.6 is 35.0 Å². The molecule has 0 aromatic heterocycles. The van der Waals surface area contributed by atoms with E-state index in [9.17, 15) is 0 Å². The topological polar surface area (TPSA) is 21.3 Å². The van der Waals surface area contributed by atoms with Crippen molar-refractivity contribution in [3.63, 3.8) is 0 Å². The largest absolute Gasteiger partial charge is 0.496 e. The van der Waals surface area contributed by atoms with Gasteiger partial charge in [0.2, 0.25) is 0 Å². The molecule has 0 unspecified atom stereocenters. The van der Waals surface area contributed by atoms with Crippen molar-refractivity contribution in [1.82, 2.24) is 5.32 Å². The molecule has 0 atom stereocenters. The second-order valence-electron chi connectivity index (χ2n) is 4.54. The molecule has 0 fully saturated rings. The molecule has 0 aliphatic heterocycles. The van der Waals surface area contributed by atoms with Gasteiger partial charge in [0.1, 0.15) is 5.75 Å². The van der Waals surface area contributed by atoms with Gasteiger partial charge in [-0.3, -0.25) is 0 Å². The van der Waals surface area contributed by atoms with Gasteiger partial charge in [0.15, 0.2) is 0 Å². The normalized spacial score (nSPS) is 10.7. The molecule has 0 heterocycles. The van der Waals surface area contributed by atoms with Gasteiger partial charge in [-0.05, 0) is 42.9 Å². The molecule has 2 nitrogen and oxygen atoms in total. The van der Waals surface area contributed by atoms with Crippen LogP contribution in [0.25, 0.3) is 0 Å². The fraction of sp³-hybridized carbons (Fsp3) is 0.250. The number of thioether (sulfide) groups is 1. The summed E-state index contributed by atoms with van der Waals surface area (Å²) in [5, 5.41) is 4.32. The second-order valence-corrected chi connectivity index (χ2v) is 6.40. The fourth-order valence-electron chi connectivity index (χ4n) is 1.99. The minimum Gasteiger partial charge on any atom is -0.496 e. The summed E-state index contributed by atoms with van der Waals surface area (Å²) in [6, 6.07) is 11.9. The molecule has 0 aliphatic rings. The summed E-state index contributed by atoms with van der Waals surface area (Å²) in [6.07, 6.45) is 0. The number of halogens is 2. The van der Waals surface area contributed by atoms with Crippen LogP contribution in [0.3, 0.4) is 0 Å². The maximum atomic E-state index is 6.04. The molecule has 1 N–H and O–H groups in total. The third kappa shape index (κ3) is 4.55. The molecule has 2 rings (SSSR count). The van der Waals surface area contributed by atoms with Crippen LogP contribution in [0.4, 0.5) is 0 Å². The van der Waals surface area contributed by atoms with Gasteiger partial charge in [-0.1, -0.05) is 29.3 Å². The maximum absolute atomic E-state index is 6.04. The Balaban J connectivity index is 2.13. The average molecular weight is 342 g/mol. The highest BCUT2D eigenvalue weighted by Gasteiger charge is 2.06. The van der Waals surface area contributed by atoms with Crippen molar-refractivity contribution in [3.05, 3.63) is 57.6 Å². The third-order valence-corrected chi connectivity index (χ3v) is 4.79. The minimum atomic E-state index is 0.578. The van der Waals surface area contributed by atoms with E-state index in [4.69, 9.17) is 27.9 Å². The Labute approximate surface area is 139 Å². The van der Waals surface area contributed by atoms with Gasteiger partial charge in [0, 0.05) is 22.8 Å². The van der Waals surface area contributed by atoms with Crippen molar-refractivity contribution in [2.75, 3.05) is 14.2 Å². The van der Waals surface area contributed by atoms with Crippen molar-refractivity contribution in [3.8, 4) is 5.75 Å². The molecule has 0 saturated carbocycles. The molecule has 0 saturated heterocycles. The number of rotatable bonds is 6. The quantitative estimate of drug-likeness (QED) is 0.746. The Hall–Kier alpha value is -0.870. The smallest absolute Gasteiger partial charge is 0.122 e. The molecule has 21 heavy (non-hydrogen) atoms. The lowest BCUT2D eigenvalue weighted by molar-refractivity contribution is 0.411. The number of methoxy groups -OCH3 is 1. The molecule has 0 bridgehead atoms. The van der Waals surface area contributed by atoms with Crippen LogP contribution in [0.5, 0.6) is 5.75 Å². The molecule has 0 radical (unpaired) electrons. The zero-order valence-electron chi connectivity index (χ0n) is 12.0. The van der Waals surface area contributed by atoms with Gasteiger partial charge in [-0.25, -0.2) is 0 Å². The van der Waals surface area contributed by atoms with Crippen molar-refractivity contribution < 1.29 is 4.74 Å². The summed E-state index contributed by atoms with van der Waals surface area (Å²) in [7, 11) is 3.63. The minimum absolute atomic E-state index is 0.578. The Morgan fingerprint density at radius 3 is 2.57 bits per heavy atom. The Bertz CT molecular complexity index is 619. The van der Waals surface area contributed by atoms with E-state index in [1.165, 1.54) is 11.1 Å². The molecule has 0 spiro atoms. The van der Waals surface area contributed by atoms with Crippen LogP contribution in [-0.4, -0.2) is 14.2 Å². The van der Waals surface area contributed by atoms with E-state index in [2.05, 4.69) is 17.4 Å². The molecule has 112 valence electrons. The second kappa shape index (κ2) is 7.95. The first-order valence-corrected chi connectivity index (χ1v) is 8.26. The van der Waals surface area contributed by atoms with Crippen LogP contribution in [0.1, 0.15) is 11.1 Å². The highest BCUT2D eigenvalue weighted by molar-refractivity contribution is 7.98. The number of nitrogens with one attached hydrogen (secondary N) is 1. The highest BCUT2D eigenvalue weighted by Crippen LogP contribution is 2.32. The Morgan fingerprint density at radius 1 is 1.10 bits per heavy atom. The van der Waals surface area contributed by atoms with Crippen LogP contribution in [0, 0.1) is 0 Å². The van der Waals surface area contributed by atoms with Gasteiger partial charge in [0.05, 0.1) is 17.2 Å². The Morgan fingerprint density at radius 2 is 1.90 bits per heavy atom. The Kier molecular flexibility index (Phi) is 6.24. The zero-order valence-corrected chi connectivity index (χ0v) is 14.3. The predicted octanol–water partition coefficient (Wildman–Crippen LogP) is 5.01. The lowest BCUT2D eigenvalue weighted by atomic mass is 10.1. The van der Waals surface area contributed by atoms with Crippen molar-refractivity contribution >= 4 is 35.0 Å². The molecule has 0 aliphatic carbocycles. The summed E-state index contributed by atoms with van der Waals surface area (Å²) in [5.41, 5.74) is 2.41. The third-order valence-electron chi connectivity index (χ3n) is 3.01. The number of benzene rings is 2. The average Bonchev–Trinajstić information content (AvgIpc) is 2.49. The molecule has 2 aromatic carbocycles. The van der Waals surface area contributed by atoms with E-state index in [1.54, 1.807) is 18.9 Å². The molecular formula is C16H17Cl2NOS. The van der Waals surface area contributed by atoms with Crippen LogP contribution in [0.2, 0.25) is 10.0 Å². The molecule has 5 heteroatoms. The van der Waals surface area contributed by atoms with Gasteiger partial charge in [-0.15, -0.1) is 11.8 Å². The molecule has 2 aromatic rings. The first kappa shape index (κ1) is 16.5. The first-order valence-electron chi connectivity index (χ1n) is 6.52. The van der Waals surface area contributed by atoms with Crippen LogP contribution in [-0.2, 0) is 12.3 Å². The lowest BCUT2D eigenvalue weighted by Crippen LogP contribution is -2.05. The van der Waals surface area contributed by atoms with E-state index < -0.39 is 0 Å². The SMILES string of the molecule is CNCc1ccc(OC)c(CSc2ccc(Cl)c(Cl)c2)c1. The summed E-state index contributed by atoms with van der Waals surface area (Å²) >= 11 is 13.7. The monoisotopic (exact) mass is 341 g/mol. The predicted molar refractivity (Wildman–Crippen MR) is 91.8 cm³/mol. The maximum Gasteiger partial charge on any atom is 0.122 e. The zero-order chi connectivity index (χ0) is 15.2. The lowest BCUT2D eigenvalue weighted by Gasteiger charge is -2.11. The van der Waals surface area contributed by atoms with E-state index in [0.717, 1.165) is 22.9 Å².